The van der Waals surface area contributed by atoms with E-state index in [4.69, 9.17) is 34.0 Å². The Morgan fingerprint density at radius 1 is 0.975 bits per heavy atom. The van der Waals surface area contributed by atoms with Gasteiger partial charge in [0.05, 0.1) is 26.8 Å². The van der Waals surface area contributed by atoms with Crippen molar-refractivity contribution in [2.45, 2.75) is 36.9 Å². The number of hydrogen-bond donors (Lipinski definition) is 2. The average molecular weight is 583 g/mol. The summed E-state index contributed by atoms with van der Waals surface area (Å²) in [6.07, 6.45) is -5.23. The van der Waals surface area contributed by atoms with E-state index in [2.05, 4.69) is 9.97 Å². The van der Waals surface area contributed by atoms with Crippen molar-refractivity contribution in [3.8, 4) is 11.8 Å². The Morgan fingerprint density at radius 2 is 1.55 bits per heavy atom. The second kappa shape index (κ2) is 13.3. The summed E-state index contributed by atoms with van der Waals surface area (Å²) < 4.78 is 80.6. The molecule has 2 fully saturated rings. The fraction of sp³-hybridized carbons (Fsp3) is 0.435. The normalized spacial score (nSPS) is 17.7. The number of carbonyl (C=O) groups is 3. The quantitative estimate of drug-likeness (QED) is 0.514. The molecule has 0 aromatic carbocycles. The van der Waals surface area contributed by atoms with Crippen LogP contribution < -0.4 is 9.47 Å². The number of alkyl halides is 6. The predicted molar refractivity (Wildman–Crippen MR) is 121 cm³/mol. The number of pyridine rings is 2. The number of aliphatic carboxylic acids is 2. The molecule has 1 amide bonds. The van der Waals surface area contributed by atoms with Crippen LogP contribution in [-0.4, -0.2) is 93.8 Å². The minimum absolute atomic E-state index is 0.0452. The molecule has 0 radical (unpaired) electrons. The van der Waals surface area contributed by atoms with Gasteiger partial charge in [-0.25, -0.2) is 19.6 Å². The molecule has 2 N–H and O–H groups in total. The van der Waals surface area contributed by atoms with E-state index in [1.807, 2.05) is 18.2 Å². The van der Waals surface area contributed by atoms with Crippen LogP contribution in [0.2, 0.25) is 0 Å². The van der Waals surface area contributed by atoms with Crippen molar-refractivity contribution in [1.29, 1.82) is 0 Å². The van der Waals surface area contributed by atoms with Crippen molar-refractivity contribution in [1.82, 2.24) is 14.9 Å². The van der Waals surface area contributed by atoms with Gasteiger partial charge in [0.2, 0.25) is 11.8 Å². The molecule has 17 heteroatoms. The number of nitrogens with zero attached hydrogens (tertiary/aromatic N) is 3. The molecule has 2 saturated heterocycles. The maximum Gasteiger partial charge on any atom is 0.490 e. The molecule has 2 aliphatic rings. The highest BCUT2D eigenvalue weighted by Gasteiger charge is 2.50. The lowest BCUT2D eigenvalue weighted by Crippen LogP contribution is -2.67. The first-order valence-corrected chi connectivity index (χ1v) is 11.2. The summed E-state index contributed by atoms with van der Waals surface area (Å²) in [5.74, 6) is -4.63. The third kappa shape index (κ3) is 9.25. The van der Waals surface area contributed by atoms with Gasteiger partial charge in [0.15, 0.2) is 0 Å². The van der Waals surface area contributed by atoms with Gasteiger partial charge in [-0.3, -0.25) is 4.79 Å². The van der Waals surface area contributed by atoms with Crippen molar-refractivity contribution in [2.24, 2.45) is 0 Å². The lowest BCUT2D eigenvalue weighted by atomic mass is 9.84. The first-order chi connectivity index (χ1) is 18.6. The van der Waals surface area contributed by atoms with Crippen LogP contribution in [0.1, 0.15) is 23.2 Å². The molecule has 40 heavy (non-hydrogen) atoms. The van der Waals surface area contributed by atoms with Crippen LogP contribution >= 0.6 is 0 Å². The molecule has 1 spiro atoms. The SMILES string of the molecule is COc1ncccc1C(=O)N1CC2(CC(Oc3ccccn3)CCO2)C1.O=C(O)C(F)(F)F.O=C(O)C(F)(F)F. The largest absolute Gasteiger partial charge is 0.490 e. The van der Waals surface area contributed by atoms with E-state index in [0.29, 0.717) is 37.0 Å². The molecular weight excluding hydrogens is 560 g/mol. The third-order valence-corrected chi connectivity index (χ3v) is 5.30. The zero-order valence-electron chi connectivity index (χ0n) is 20.6. The zero-order chi connectivity index (χ0) is 30.1. The lowest BCUT2D eigenvalue weighted by molar-refractivity contribution is -0.193. The second-order valence-electron chi connectivity index (χ2n) is 8.26. The van der Waals surface area contributed by atoms with E-state index < -0.39 is 24.3 Å². The first-order valence-electron chi connectivity index (χ1n) is 11.2. The van der Waals surface area contributed by atoms with Crippen LogP contribution in [0.15, 0.2) is 42.7 Å². The van der Waals surface area contributed by atoms with Gasteiger partial charge in [-0.1, -0.05) is 6.07 Å². The van der Waals surface area contributed by atoms with E-state index in [9.17, 15) is 31.1 Å². The molecular formula is C23H23F6N3O8. The standard InChI is InChI=1S/C19H21N3O4.2C2HF3O2/c1-24-17-15(5-4-9-21-17)18(23)22-12-19(13-22)11-14(7-10-25-19)26-16-6-2-3-8-20-16;2*3-2(4,5)1(6)7/h2-6,8-9,14H,7,10-13H2,1H3;2*(H,6,7). The van der Waals surface area contributed by atoms with Crippen LogP contribution in [0.25, 0.3) is 0 Å². The minimum atomic E-state index is -5.08. The molecule has 0 saturated carbocycles. The molecule has 4 heterocycles. The molecule has 1 unspecified atom stereocenters. The monoisotopic (exact) mass is 583 g/mol. The van der Waals surface area contributed by atoms with E-state index in [1.54, 1.807) is 29.4 Å². The topological polar surface area (TPSA) is 148 Å². The highest BCUT2D eigenvalue weighted by Crippen LogP contribution is 2.36. The molecule has 2 aliphatic heterocycles. The van der Waals surface area contributed by atoms with Crippen molar-refractivity contribution in [2.75, 3.05) is 26.8 Å². The third-order valence-electron chi connectivity index (χ3n) is 5.30. The number of halogens is 6. The van der Waals surface area contributed by atoms with E-state index >= 15 is 0 Å². The van der Waals surface area contributed by atoms with E-state index in [-0.39, 0.29) is 17.6 Å². The van der Waals surface area contributed by atoms with E-state index in [1.165, 1.54) is 7.11 Å². The Morgan fingerprint density at radius 3 is 2.05 bits per heavy atom. The molecule has 220 valence electrons. The summed E-state index contributed by atoms with van der Waals surface area (Å²) in [7, 11) is 1.51. The number of amides is 1. The number of methoxy groups -OCH3 is 1. The summed E-state index contributed by atoms with van der Waals surface area (Å²) in [6.45, 7) is 1.72. The molecule has 1 atom stereocenters. The fourth-order valence-corrected chi connectivity index (χ4v) is 3.57. The minimum Gasteiger partial charge on any atom is -0.480 e. The molecule has 0 bridgehead atoms. The lowest BCUT2D eigenvalue weighted by Gasteiger charge is -2.52. The number of carboxylic acid groups (broad SMARTS) is 2. The van der Waals surface area contributed by atoms with Crippen molar-refractivity contribution < 1.29 is 65.1 Å². The Bertz CT molecular complexity index is 1130. The van der Waals surface area contributed by atoms with Gasteiger partial charge in [0.25, 0.3) is 5.91 Å². The van der Waals surface area contributed by atoms with Crippen molar-refractivity contribution >= 4 is 17.8 Å². The van der Waals surface area contributed by atoms with Crippen molar-refractivity contribution in [3.05, 3.63) is 48.3 Å². The summed E-state index contributed by atoms with van der Waals surface area (Å²) in [5.41, 5.74) is 0.143. The summed E-state index contributed by atoms with van der Waals surface area (Å²) >= 11 is 0. The van der Waals surface area contributed by atoms with Gasteiger partial charge in [-0.05, 0) is 18.2 Å². The molecule has 0 aliphatic carbocycles. The van der Waals surface area contributed by atoms with Crippen LogP contribution in [0.4, 0.5) is 26.3 Å². The number of ether oxygens (including phenoxy) is 3. The van der Waals surface area contributed by atoms with Gasteiger partial charge in [0, 0.05) is 31.3 Å². The molecule has 4 rings (SSSR count). The van der Waals surface area contributed by atoms with Gasteiger partial charge < -0.3 is 29.3 Å². The highest BCUT2D eigenvalue weighted by molar-refractivity contribution is 5.97. The number of aromatic nitrogens is 2. The smallest absolute Gasteiger partial charge is 0.480 e. The van der Waals surface area contributed by atoms with Crippen molar-refractivity contribution in [3.63, 3.8) is 0 Å². The second-order valence-corrected chi connectivity index (χ2v) is 8.26. The van der Waals surface area contributed by atoms with Crippen LogP contribution in [-0.2, 0) is 14.3 Å². The highest BCUT2D eigenvalue weighted by atomic mass is 19.4. The molecule has 11 nitrogen and oxygen atoms in total. The summed E-state index contributed by atoms with van der Waals surface area (Å²) in [6, 6.07) is 9.09. The number of hydrogen-bond acceptors (Lipinski definition) is 8. The number of carboxylic acids is 2. The van der Waals surface area contributed by atoms with Gasteiger partial charge in [0.1, 0.15) is 17.3 Å². The number of rotatable bonds is 4. The van der Waals surface area contributed by atoms with Crippen LogP contribution in [0.3, 0.4) is 0 Å². The summed E-state index contributed by atoms with van der Waals surface area (Å²) in [4.78, 5) is 40.6. The first kappa shape index (κ1) is 32.1. The molecule has 2 aromatic heterocycles. The van der Waals surface area contributed by atoms with Gasteiger partial charge >= 0.3 is 24.3 Å². The summed E-state index contributed by atoms with van der Waals surface area (Å²) in [5, 5.41) is 14.2. The number of likely N-dealkylation sites (tertiary alicyclic amines) is 1. The molecule has 2 aromatic rings. The van der Waals surface area contributed by atoms with Gasteiger partial charge in [-0.15, -0.1) is 0 Å². The Kier molecular flexibility index (Phi) is 10.6. The Hall–Kier alpha value is -4.15. The predicted octanol–water partition coefficient (Wildman–Crippen LogP) is 3.20. The van der Waals surface area contributed by atoms with Crippen LogP contribution in [0.5, 0.6) is 11.8 Å². The fourth-order valence-electron chi connectivity index (χ4n) is 3.57. The van der Waals surface area contributed by atoms with Crippen LogP contribution in [0, 0.1) is 0 Å². The maximum absolute atomic E-state index is 12.7. The number of carbonyl (C=O) groups excluding carboxylic acids is 1. The van der Waals surface area contributed by atoms with Gasteiger partial charge in [-0.2, -0.15) is 26.3 Å². The Labute approximate surface area is 222 Å². The zero-order valence-corrected chi connectivity index (χ0v) is 20.6. The average Bonchev–Trinajstić information content (AvgIpc) is 2.87. The van der Waals surface area contributed by atoms with E-state index in [0.717, 1.165) is 12.8 Å². The maximum atomic E-state index is 12.7. The Balaban J connectivity index is 0.000000333.